The van der Waals surface area contributed by atoms with Crippen LogP contribution < -0.4 is 10.2 Å². The number of pyridine rings is 1. The zero-order valence-electron chi connectivity index (χ0n) is 12.0. The van der Waals surface area contributed by atoms with Crippen molar-refractivity contribution in [3.05, 3.63) is 28.2 Å². The van der Waals surface area contributed by atoms with Gasteiger partial charge in [0.05, 0.1) is 12.1 Å². The maximum atomic E-state index is 11.9. The van der Waals surface area contributed by atoms with Crippen LogP contribution in [0.3, 0.4) is 0 Å². The van der Waals surface area contributed by atoms with Crippen LogP contribution in [0, 0.1) is 0 Å². The smallest absolute Gasteiger partial charge is 0.223 e. The minimum atomic E-state index is -0.0973. The zero-order valence-corrected chi connectivity index (χ0v) is 12.7. The SMILES string of the molecule is CCN(CC)CCOc1cn(CC)c(CCl)cc1=O. The lowest BCUT2D eigenvalue weighted by atomic mass is 10.3. The van der Waals surface area contributed by atoms with E-state index in [1.54, 1.807) is 12.3 Å². The predicted octanol–water partition coefficient (Wildman–Crippen LogP) is 2.33. The van der Waals surface area contributed by atoms with Gasteiger partial charge in [0.1, 0.15) is 6.61 Å². The highest BCUT2D eigenvalue weighted by Crippen LogP contribution is 2.09. The standard InChI is InChI=1S/C14H23ClN2O2/c1-4-16(5-2)7-8-19-14-11-17(6-3)12(10-15)9-13(14)18/h9,11H,4-8,10H2,1-3H3. The first-order chi connectivity index (χ1) is 9.15. The molecule has 0 fully saturated rings. The van der Waals surface area contributed by atoms with Gasteiger partial charge in [-0.05, 0) is 20.0 Å². The molecular formula is C14H23ClN2O2. The Balaban J connectivity index is 2.71. The molecule has 1 rings (SSSR count). The van der Waals surface area contributed by atoms with E-state index in [1.165, 1.54) is 0 Å². The molecule has 0 aromatic carbocycles. The second-order valence-corrected chi connectivity index (χ2v) is 4.56. The highest BCUT2D eigenvalue weighted by atomic mass is 35.5. The zero-order chi connectivity index (χ0) is 14.3. The number of hydrogen-bond donors (Lipinski definition) is 0. The van der Waals surface area contributed by atoms with Crippen molar-refractivity contribution in [2.75, 3.05) is 26.2 Å². The molecule has 4 nitrogen and oxygen atoms in total. The summed E-state index contributed by atoms with van der Waals surface area (Å²) in [6.45, 7) is 10.4. The van der Waals surface area contributed by atoms with Crippen molar-refractivity contribution < 1.29 is 4.74 Å². The first kappa shape index (κ1) is 16.1. The summed E-state index contributed by atoms with van der Waals surface area (Å²) in [6, 6.07) is 1.56. The number of nitrogens with zero attached hydrogens (tertiary/aromatic N) is 2. The first-order valence-corrected chi connectivity index (χ1v) is 7.34. The Labute approximate surface area is 119 Å². The molecule has 5 heteroatoms. The second-order valence-electron chi connectivity index (χ2n) is 4.29. The summed E-state index contributed by atoms with van der Waals surface area (Å²) in [5, 5.41) is 0. The van der Waals surface area contributed by atoms with Crippen molar-refractivity contribution in [2.24, 2.45) is 0 Å². The average Bonchev–Trinajstić information content (AvgIpc) is 2.44. The summed E-state index contributed by atoms with van der Waals surface area (Å²) >= 11 is 5.81. The molecule has 0 saturated carbocycles. The fourth-order valence-electron chi connectivity index (χ4n) is 1.94. The highest BCUT2D eigenvalue weighted by Gasteiger charge is 2.07. The molecule has 1 aromatic rings. The Morgan fingerprint density at radius 1 is 1.32 bits per heavy atom. The van der Waals surface area contributed by atoms with E-state index in [2.05, 4.69) is 18.7 Å². The van der Waals surface area contributed by atoms with Gasteiger partial charge in [0.2, 0.25) is 5.43 Å². The molecular weight excluding hydrogens is 264 g/mol. The Morgan fingerprint density at radius 2 is 2.00 bits per heavy atom. The van der Waals surface area contributed by atoms with Gasteiger partial charge in [-0.15, -0.1) is 11.6 Å². The average molecular weight is 287 g/mol. The topological polar surface area (TPSA) is 34.5 Å². The lowest BCUT2D eigenvalue weighted by Crippen LogP contribution is -2.28. The quantitative estimate of drug-likeness (QED) is 0.688. The van der Waals surface area contributed by atoms with E-state index < -0.39 is 0 Å². The van der Waals surface area contributed by atoms with Crippen LogP contribution in [0.1, 0.15) is 26.5 Å². The number of likely N-dealkylation sites (N-methyl/N-ethyl adjacent to an activating group) is 1. The number of aromatic nitrogens is 1. The van der Waals surface area contributed by atoms with E-state index in [4.69, 9.17) is 16.3 Å². The normalized spacial score (nSPS) is 11.0. The van der Waals surface area contributed by atoms with E-state index >= 15 is 0 Å². The number of rotatable bonds is 8. The number of hydrogen-bond acceptors (Lipinski definition) is 3. The van der Waals surface area contributed by atoms with Crippen LogP contribution in [0.15, 0.2) is 17.1 Å². The number of ether oxygens (including phenoxy) is 1. The Morgan fingerprint density at radius 3 is 2.53 bits per heavy atom. The maximum absolute atomic E-state index is 11.9. The molecule has 0 spiro atoms. The van der Waals surface area contributed by atoms with Crippen LogP contribution in [-0.4, -0.2) is 35.7 Å². The minimum absolute atomic E-state index is 0.0973. The molecule has 0 aliphatic carbocycles. The van der Waals surface area contributed by atoms with E-state index in [-0.39, 0.29) is 5.43 Å². The largest absolute Gasteiger partial charge is 0.487 e. The van der Waals surface area contributed by atoms with Gasteiger partial charge in [-0.1, -0.05) is 13.8 Å². The fourth-order valence-corrected chi connectivity index (χ4v) is 2.17. The molecule has 108 valence electrons. The van der Waals surface area contributed by atoms with Gasteiger partial charge in [0.15, 0.2) is 5.75 Å². The van der Waals surface area contributed by atoms with E-state index in [9.17, 15) is 4.79 Å². The predicted molar refractivity (Wildman–Crippen MR) is 79.2 cm³/mol. The van der Waals surface area contributed by atoms with Crippen molar-refractivity contribution in [1.29, 1.82) is 0 Å². The molecule has 1 heterocycles. The number of alkyl halides is 1. The molecule has 0 unspecified atom stereocenters. The van der Waals surface area contributed by atoms with Crippen molar-refractivity contribution in [2.45, 2.75) is 33.2 Å². The molecule has 0 atom stereocenters. The van der Waals surface area contributed by atoms with Gasteiger partial charge in [0.25, 0.3) is 0 Å². The third-order valence-electron chi connectivity index (χ3n) is 3.22. The molecule has 1 aromatic heterocycles. The Kier molecular flexibility index (Phi) is 6.95. The van der Waals surface area contributed by atoms with Gasteiger partial charge < -0.3 is 14.2 Å². The Bertz CT molecular complexity index is 442. The fraction of sp³-hybridized carbons (Fsp3) is 0.643. The molecule has 0 aliphatic rings. The van der Waals surface area contributed by atoms with Crippen LogP contribution in [0.5, 0.6) is 5.75 Å². The number of halogens is 1. The Hall–Kier alpha value is -1.00. The van der Waals surface area contributed by atoms with E-state index in [0.717, 1.165) is 31.9 Å². The molecule has 0 radical (unpaired) electrons. The molecule has 0 amide bonds. The lowest BCUT2D eigenvalue weighted by molar-refractivity contribution is 0.220. The monoisotopic (exact) mass is 286 g/mol. The molecule has 0 saturated heterocycles. The van der Waals surface area contributed by atoms with Crippen LogP contribution in [0.2, 0.25) is 0 Å². The molecule has 0 N–H and O–H groups in total. The summed E-state index contributed by atoms with van der Waals surface area (Å²) in [5.41, 5.74) is 0.727. The van der Waals surface area contributed by atoms with E-state index in [0.29, 0.717) is 18.2 Å². The summed E-state index contributed by atoms with van der Waals surface area (Å²) in [4.78, 5) is 14.1. The second kappa shape index (κ2) is 8.23. The van der Waals surface area contributed by atoms with Crippen LogP contribution in [-0.2, 0) is 12.4 Å². The molecule has 0 aliphatic heterocycles. The third kappa shape index (κ3) is 4.55. The van der Waals surface area contributed by atoms with Crippen molar-refractivity contribution in [1.82, 2.24) is 9.47 Å². The lowest BCUT2D eigenvalue weighted by Gasteiger charge is -2.18. The van der Waals surface area contributed by atoms with Gasteiger partial charge in [-0.2, -0.15) is 0 Å². The summed E-state index contributed by atoms with van der Waals surface area (Å²) in [6.07, 6.45) is 1.75. The van der Waals surface area contributed by atoms with Gasteiger partial charge in [-0.25, -0.2) is 0 Å². The number of aryl methyl sites for hydroxylation is 1. The van der Waals surface area contributed by atoms with Gasteiger partial charge >= 0.3 is 0 Å². The molecule has 19 heavy (non-hydrogen) atoms. The highest BCUT2D eigenvalue weighted by molar-refractivity contribution is 6.16. The van der Waals surface area contributed by atoms with Crippen molar-refractivity contribution in [3.63, 3.8) is 0 Å². The van der Waals surface area contributed by atoms with Gasteiger partial charge in [-0.3, -0.25) is 4.79 Å². The van der Waals surface area contributed by atoms with E-state index in [1.807, 2.05) is 11.5 Å². The van der Waals surface area contributed by atoms with Crippen molar-refractivity contribution >= 4 is 11.6 Å². The minimum Gasteiger partial charge on any atom is -0.487 e. The first-order valence-electron chi connectivity index (χ1n) is 6.80. The summed E-state index contributed by atoms with van der Waals surface area (Å²) < 4.78 is 7.54. The summed E-state index contributed by atoms with van der Waals surface area (Å²) in [5.74, 6) is 0.742. The maximum Gasteiger partial charge on any atom is 0.223 e. The van der Waals surface area contributed by atoms with Crippen LogP contribution in [0.4, 0.5) is 0 Å². The summed E-state index contributed by atoms with van der Waals surface area (Å²) in [7, 11) is 0. The molecule has 0 bridgehead atoms. The van der Waals surface area contributed by atoms with Crippen LogP contribution >= 0.6 is 11.6 Å². The van der Waals surface area contributed by atoms with Crippen molar-refractivity contribution in [3.8, 4) is 5.75 Å². The third-order valence-corrected chi connectivity index (χ3v) is 3.49. The van der Waals surface area contributed by atoms with Crippen LogP contribution in [0.25, 0.3) is 0 Å². The van der Waals surface area contributed by atoms with Gasteiger partial charge in [0, 0.05) is 24.8 Å².